The van der Waals surface area contributed by atoms with Crippen molar-refractivity contribution in [2.45, 2.75) is 13.5 Å². The molecule has 0 fully saturated rings. The Labute approximate surface area is 133 Å². The Morgan fingerprint density at radius 3 is 2.78 bits per heavy atom. The van der Waals surface area contributed by atoms with E-state index in [-0.39, 0.29) is 11.7 Å². The molecule has 0 aliphatic heterocycles. The highest BCUT2D eigenvalue weighted by Gasteiger charge is 2.12. The molecule has 0 saturated carbocycles. The van der Waals surface area contributed by atoms with Crippen LogP contribution in [0, 0.1) is 0 Å². The zero-order chi connectivity index (χ0) is 16.1. The number of rotatable bonds is 6. The summed E-state index contributed by atoms with van der Waals surface area (Å²) in [6.07, 6.45) is 3.53. The van der Waals surface area contributed by atoms with Crippen LogP contribution in [-0.2, 0) is 6.54 Å². The number of nitrogens with one attached hydrogen (secondary N) is 1. The summed E-state index contributed by atoms with van der Waals surface area (Å²) in [5, 5.41) is 6.89. The molecule has 2 heterocycles. The predicted molar refractivity (Wildman–Crippen MR) is 85.6 cm³/mol. The van der Waals surface area contributed by atoms with Crippen LogP contribution in [0.5, 0.6) is 5.75 Å². The molecule has 2 aromatic heterocycles. The van der Waals surface area contributed by atoms with E-state index >= 15 is 0 Å². The number of anilines is 1. The molecule has 6 heteroatoms. The van der Waals surface area contributed by atoms with Crippen LogP contribution in [0.2, 0.25) is 0 Å². The van der Waals surface area contributed by atoms with Gasteiger partial charge in [0, 0.05) is 18.1 Å². The summed E-state index contributed by atoms with van der Waals surface area (Å²) in [5.74, 6) is 1.41. The zero-order valence-corrected chi connectivity index (χ0v) is 12.7. The van der Waals surface area contributed by atoms with Crippen LogP contribution in [0.15, 0.2) is 59.3 Å². The van der Waals surface area contributed by atoms with Gasteiger partial charge >= 0.3 is 0 Å². The van der Waals surface area contributed by atoms with Crippen molar-refractivity contribution >= 4 is 11.6 Å². The molecule has 0 radical (unpaired) electrons. The molecular weight excluding hydrogens is 294 g/mol. The topological polar surface area (TPSA) is 69.3 Å². The Kier molecular flexibility index (Phi) is 4.42. The minimum Gasteiger partial charge on any atom is -0.494 e. The summed E-state index contributed by atoms with van der Waals surface area (Å²) < 4.78 is 12.6. The molecule has 1 aromatic carbocycles. The van der Waals surface area contributed by atoms with Gasteiger partial charge in [0.25, 0.3) is 5.91 Å². The molecule has 0 atom stereocenters. The first-order valence-electron chi connectivity index (χ1n) is 7.35. The monoisotopic (exact) mass is 311 g/mol. The number of aromatic nitrogens is 2. The Morgan fingerprint density at radius 1 is 1.26 bits per heavy atom. The normalized spacial score (nSPS) is 10.5. The van der Waals surface area contributed by atoms with Crippen LogP contribution in [0.3, 0.4) is 0 Å². The molecule has 0 unspecified atom stereocenters. The van der Waals surface area contributed by atoms with Crippen molar-refractivity contribution in [3.8, 4) is 5.75 Å². The maximum absolute atomic E-state index is 12.2. The van der Waals surface area contributed by atoms with E-state index in [1.54, 1.807) is 35.1 Å². The molecule has 0 aliphatic rings. The Balaban J connectivity index is 1.62. The van der Waals surface area contributed by atoms with Gasteiger partial charge in [0.15, 0.2) is 5.76 Å². The van der Waals surface area contributed by atoms with Gasteiger partial charge in [0.05, 0.1) is 13.2 Å². The third-order valence-electron chi connectivity index (χ3n) is 3.19. The fraction of sp³-hybridized carbons (Fsp3) is 0.176. The number of nitrogens with zero attached hydrogens (tertiary/aromatic N) is 2. The van der Waals surface area contributed by atoms with E-state index in [1.165, 1.54) is 0 Å². The van der Waals surface area contributed by atoms with Gasteiger partial charge in [-0.15, -0.1) is 0 Å². The fourth-order valence-corrected chi connectivity index (χ4v) is 2.13. The molecule has 1 N–H and O–H groups in total. The standard InChI is InChI=1S/C17H17N3O3/c1-2-22-14-6-4-13(5-7-14)19-17(21)16-9-8-15(23-16)12-20-11-3-10-18-20/h3-11H,2,12H2,1H3,(H,19,21). The van der Waals surface area contributed by atoms with Gasteiger partial charge in [-0.05, 0) is 49.4 Å². The van der Waals surface area contributed by atoms with Crippen molar-refractivity contribution in [3.05, 3.63) is 66.4 Å². The maximum Gasteiger partial charge on any atom is 0.291 e. The van der Waals surface area contributed by atoms with Gasteiger partial charge in [0.1, 0.15) is 11.5 Å². The zero-order valence-electron chi connectivity index (χ0n) is 12.7. The summed E-state index contributed by atoms with van der Waals surface area (Å²) in [5.41, 5.74) is 0.684. The third kappa shape index (κ3) is 3.79. The van der Waals surface area contributed by atoms with Crippen molar-refractivity contribution in [1.29, 1.82) is 0 Å². The predicted octanol–water partition coefficient (Wildman–Crippen LogP) is 3.18. The van der Waals surface area contributed by atoms with Crippen LogP contribution >= 0.6 is 0 Å². The molecule has 6 nitrogen and oxygen atoms in total. The van der Waals surface area contributed by atoms with E-state index < -0.39 is 0 Å². The van der Waals surface area contributed by atoms with Gasteiger partial charge in [-0.2, -0.15) is 5.10 Å². The second-order valence-electron chi connectivity index (χ2n) is 4.88. The molecule has 3 aromatic rings. The second kappa shape index (κ2) is 6.83. The van der Waals surface area contributed by atoms with Gasteiger partial charge in [0.2, 0.25) is 0 Å². The van der Waals surface area contributed by atoms with Crippen LogP contribution in [-0.4, -0.2) is 22.3 Å². The number of furan rings is 1. The van der Waals surface area contributed by atoms with Crippen LogP contribution in [0.1, 0.15) is 23.2 Å². The summed E-state index contributed by atoms with van der Waals surface area (Å²) >= 11 is 0. The largest absolute Gasteiger partial charge is 0.494 e. The highest BCUT2D eigenvalue weighted by atomic mass is 16.5. The minimum atomic E-state index is -0.291. The van der Waals surface area contributed by atoms with Gasteiger partial charge in [-0.3, -0.25) is 9.48 Å². The SMILES string of the molecule is CCOc1ccc(NC(=O)c2ccc(Cn3cccn3)o2)cc1. The van der Waals surface area contributed by atoms with Gasteiger partial charge in [-0.1, -0.05) is 0 Å². The lowest BCUT2D eigenvalue weighted by Crippen LogP contribution is -2.10. The lowest BCUT2D eigenvalue weighted by molar-refractivity contribution is 0.0994. The van der Waals surface area contributed by atoms with Crippen molar-refractivity contribution in [3.63, 3.8) is 0 Å². The number of ether oxygens (including phenoxy) is 1. The minimum absolute atomic E-state index is 0.265. The molecule has 0 spiro atoms. The molecular formula is C17H17N3O3. The number of hydrogen-bond acceptors (Lipinski definition) is 4. The van der Waals surface area contributed by atoms with Crippen molar-refractivity contribution < 1.29 is 13.9 Å². The van der Waals surface area contributed by atoms with E-state index in [0.717, 1.165) is 5.75 Å². The highest BCUT2D eigenvalue weighted by Crippen LogP contribution is 2.17. The lowest BCUT2D eigenvalue weighted by atomic mass is 10.3. The van der Waals surface area contributed by atoms with E-state index in [4.69, 9.17) is 9.15 Å². The van der Waals surface area contributed by atoms with E-state index in [9.17, 15) is 4.79 Å². The molecule has 0 bridgehead atoms. The maximum atomic E-state index is 12.2. The quantitative estimate of drug-likeness (QED) is 0.759. The lowest BCUT2D eigenvalue weighted by Gasteiger charge is -2.06. The summed E-state index contributed by atoms with van der Waals surface area (Å²) in [7, 11) is 0. The molecule has 118 valence electrons. The average molecular weight is 311 g/mol. The van der Waals surface area contributed by atoms with Gasteiger partial charge in [-0.25, -0.2) is 0 Å². The Morgan fingerprint density at radius 2 is 2.09 bits per heavy atom. The number of carbonyl (C=O) groups excluding carboxylic acids is 1. The average Bonchev–Trinajstić information content (AvgIpc) is 3.22. The van der Waals surface area contributed by atoms with Crippen molar-refractivity contribution in [1.82, 2.24) is 9.78 Å². The third-order valence-corrected chi connectivity index (χ3v) is 3.19. The van der Waals surface area contributed by atoms with Crippen molar-refractivity contribution in [2.75, 3.05) is 11.9 Å². The number of hydrogen-bond donors (Lipinski definition) is 1. The molecule has 0 saturated heterocycles. The summed E-state index contributed by atoms with van der Waals surface area (Å²) in [6.45, 7) is 3.02. The summed E-state index contributed by atoms with van der Waals surface area (Å²) in [6, 6.07) is 12.5. The first kappa shape index (κ1) is 14.9. The number of benzene rings is 1. The van der Waals surface area contributed by atoms with Crippen LogP contribution < -0.4 is 10.1 Å². The van der Waals surface area contributed by atoms with Gasteiger partial charge < -0.3 is 14.5 Å². The van der Waals surface area contributed by atoms with Crippen LogP contribution in [0.4, 0.5) is 5.69 Å². The van der Waals surface area contributed by atoms with E-state index in [1.807, 2.05) is 31.3 Å². The van der Waals surface area contributed by atoms with Crippen LogP contribution in [0.25, 0.3) is 0 Å². The smallest absolute Gasteiger partial charge is 0.291 e. The molecule has 0 aliphatic carbocycles. The fourth-order valence-electron chi connectivity index (χ4n) is 2.13. The first-order chi connectivity index (χ1) is 11.2. The molecule has 3 rings (SSSR count). The van der Waals surface area contributed by atoms with Crippen molar-refractivity contribution in [2.24, 2.45) is 0 Å². The number of amides is 1. The highest BCUT2D eigenvalue weighted by molar-refractivity contribution is 6.02. The summed E-state index contributed by atoms with van der Waals surface area (Å²) in [4.78, 5) is 12.2. The molecule has 1 amide bonds. The van der Waals surface area contributed by atoms with E-state index in [2.05, 4.69) is 10.4 Å². The number of carbonyl (C=O) groups is 1. The van der Waals surface area contributed by atoms with E-state index in [0.29, 0.717) is 24.6 Å². The second-order valence-corrected chi connectivity index (χ2v) is 4.88. The Bertz CT molecular complexity index is 761. The Hall–Kier alpha value is -3.02. The molecule has 23 heavy (non-hydrogen) atoms. The first-order valence-corrected chi connectivity index (χ1v) is 7.35.